The molecule has 3 nitrogen and oxygen atoms in total. The van der Waals surface area contributed by atoms with E-state index in [4.69, 9.17) is 5.11 Å². The number of rotatable bonds is 6. The van der Waals surface area contributed by atoms with Gasteiger partial charge in [0.25, 0.3) is 0 Å². The van der Waals surface area contributed by atoms with Crippen LogP contribution in [0.25, 0.3) is 0 Å². The molecule has 0 bridgehead atoms. The predicted molar refractivity (Wildman–Crippen MR) is 58.2 cm³/mol. The van der Waals surface area contributed by atoms with Gasteiger partial charge in [-0.15, -0.1) is 0 Å². The van der Waals surface area contributed by atoms with E-state index in [0.717, 1.165) is 19.4 Å². The third kappa shape index (κ3) is 4.74. The van der Waals surface area contributed by atoms with E-state index in [0.29, 0.717) is 11.7 Å². The van der Waals surface area contributed by atoms with Crippen LogP contribution in [0.15, 0.2) is 18.3 Å². The fourth-order valence-corrected chi connectivity index (χ4v) is 1.24. The molecule has 4 heteroatoms. The fraction of sp³-hybridized carbons (Fsp3) is 0.545. The molecule has 84 valence electrons. The number of nitrogens with one attached hydrogen (secondary N) is 1. The Morgan fingerprint density at radius 2 is 2.33 bits per heavy atom. The Morgan fingerprint density at radius 3 is 2.93 bits per heavy atom. The van der Waals surface area contributed by atoms with Gasteiger partial charge in [-0.25, -0.2) is 9.37 Å². The molecule has 2 N–H and O–H groups in total. The predicted octanol–water partition coefficient (Wildman–Crippen LogP) is 2.04. The van der Waals surface area contributed by atoms with Crippen molar-refractivity contribution in [2.45, 2.75) is 19.8 Å². The molecule has 0 aliphatic rings. The van der Waals surface area contributed by atoms with Gasteiger partial charge in [-0.1, -0.05) is 6.92 Å². The summed E-state index contributed by atoms with van der Waals surface area (Å²) < 4.78 is 12.5. The maximum atomic E-state index is 12.5. The normalized spacial score (nSPS) is 12.5. The number of anilines is 1. The highest BCUT2D eigenvalue weighted by Gasteiger charge is 1.99. The summed E-state index contributed by atoms with van der Waals surface area (Å²) in [5.41, 5.74) is 0. The van der Waals surface area contributed by atoms with Crippen LogP contribution in [0.2, 0.25) is 0 Å². The Labute approximate surface area is 89.4 Å². The zero-order valence-corrected chi connectivity index (χ0v) is 8.91. The monoisotopic (exact) mass is 212 g/mol. The zero-order chi connectivity index (χ0) is 11.1. The number of aliphatic hydroxyl groups excluding tert-OH is 1. The maximum absolute atomic E-state index is 12.5. The van der Waals surface area contributed by atoms with E-state index in [-0.39, 0.29) is 12.4 Å². The topological polar surface area (TPSA) is 45.1 Å². The summed E-state index contributed by atoms with van der Waals surface area (Å²) in [6, 6.07) is 3.00. The number of halogens is 1. The van der Waals surface area contributed by atoms with Gasteiger partial charge in [-0.2, -0.15) is 0 Å². The third-order valence-corrected chi connectivity index (χ3v) is 2.22. The van der Waals surface area contributed by atoms with Crippen LogP contribution < -0.4 is 5.32 Å². The second kappa shape index (κ2) is 6.35. The highest BCUT2D eigenvalue weighted by Crippen LogP contribution is 2.06. The quantitative estimate of drug-likeness (QED) is 0.709. The summed E-state index contributed by atoms with van der Waals surface area (Å²) >= 11 is 0. The van der Waals surface area contributed by atoms with Crippen LogP contribution in [-0.4, -0.2) is 23.2 Å². The Hall–Kier alpha value is -1.16. The number of hydrogen-bond donors (Lipinski definition) is 2. The van der Waals surface area contributed by atoms with Crippen molar-refractivity contribution < 1.29 is 9.50 Å². The second-order valence-electron chi connectivity index (χ2n) is 3.72. The number of hydrogen-bond acceptors (Lipinski definition) is 3. The lowest BCUT2D eigenvalue weighted by molar-refractivity contribution is 0.229. The Balaban J connectivity index is 2.17. The molecular formula is C11H17FN2O. The molecule has 1 aromatic heterocycles. The van der Waals surface area contributed by atoms with Crippen LogP contribution >= 0.6 is 0 Å². The third-order valence-electron chi connectivity index (χ3n) is 2.22. The van der Waals surface area contributed by atoms with Crippen molar-refractivity contribution in [3.63, 3.8) is 0 Å². The zero-order valence-electron chi connectivity index (χ0n) is 8.91. The lowest BCUT2D eigenvalue weighted by Crippen LogP contribution is -2.07. The van der Waals surface area contributed by atoms with Gasteiger partial charge in [0.1, 0.15) is 11.6 Å². The van der Waals surface area contributed by atoms with Crippen molar-refractivity contribution in [1.82, 2.24) is 4.98 Å². The van der Waals surface area contributed by atoms with Gasteiger partial charge in [0.15, 0.2) is 0 Å². The highest BCUT2D eigenvalue weighted by molar-refractivity contribution is 5.33. The molecule has 1 heterocycles. The van der Waals surface area contributed by atoms with Crippen LogP contribution in [0.1, 0.15) is 19.8 Å². The van der Waals surface area contributed by atoms with Gasteiger partial charge in [-0.05, 0) is 30.9 Å². The van der Waals surface area contributed by atoms with Crippen LogP contribution in [0.3, 0.4) is 0 Å². The van der Waals surface area contributed by atoms with Gasteiger partial charge in [0.05, 0.1) is 6.20 Å². The molecule has 0 saturated heterocycles. The number of aliphatic hydroxyl groups is 1. The Kier molecular flexibility index (Phi) is 5.04. The van der Waals surface area contributed by atoms with Gasteiger partial charge < -0.3 is 10.4 Å². The van der Waals surface area contributed by atoms with Crippen LogP contribution in [0.4, 0.5) is 10.2 Å². The first-order valence-corrected chi connectivity index (χ1v) is 5.18. The summed E-state index contributed by atoms with van der Waals surface area (Å²) in [6.07, 6.45) is 3.14. The van der Waals surface area contributed by atoms with Crippen molar-refractivity contribution in [3.05, 3.63) is 24.1 Å². The summed E-state index contributed by atoms with van der Waals surface area (Å²) in [4.78, 5) is 3.88. The number of aromatic nitrogens is 1. The molecule has 0 spiro atoms. The molecule has 1 aromatic rings. The molecule has 1 rings (SSSR count). The maximum Gasteiger partial charge on any atom is 0.141 e. The molecule has 1 atom stereocenters. The van der Waals surface area contributed by atoms with Crippen LogP contribution in [-0.2, 0) is 0 Å². The van der Waals surface area contributed by atoms with Crippen LogP contribution in [0.5, 0.6) is 0 Å². The second-order valence-corrected chi connectivity index (χ2v) is 3.72. The molecule has 0 amide bonds. The smallest absolute Gasteiger partial charge is 0.141 e. The highest BCUT2D eigenvalue weighted by atomic mass is 19.1. The summed E-state index contributed by atoms with van der Waals surface area (Å²) in [5, 5.41) is 11.9. The summed E-state index contributed by atoms with van der Waals surface area (Å²) in [6.45, 7) is 3.04. The molecule has 0 fully saturated rings. The molecule has 1 unspecified atom stereocenters. The molecule has 15 heavy (non-hydrogen) atoms. The van der Waals surface area contributed by atoms with E-state index >= 15 is 0 Å². The molecule has 0 saturated carbocycles. The SMILES string of the molecule is CC(CO)CCCNc1ccc(F)cn1. The minimum absolute atomic E-state index is 0.231. The standard InChI is InChI=1S/C11H17FN2O/c1-9(8-15)3-2-6-13-11-5-4-10(12)7-14-11/h4-5,7,9,15H,2-3,6,8H2,1H3,(H,13,14). The van der Waals surface area contributed by atoms with Gasteiger partial charge in [-0.3, -0.25) is 0 Å². The van der Waals surface area contributed by atoms with E-state index in [1.54, 1.807) is 6.07 Å². The summed E-state index contributed by atoms with van der Waals surface area (Å²) in [5.74, 6) is 0.704. The minimum atomic E-state index is -0.325. The largest absolute Gasteiger partial charge is 0.396 e. The molecule has 0 aliphatic carbocycles. The van der Waals surface area contributed by atoms with Crippen molar-refractivity contribution in [2.75, 3.05) is 18.5 Å². The van der Waals surface area contributed by atoms with E-state index in [1.807, 2.05) is 6.92 Å². The minimum Gasteiger partial charge on any atom is -0.396 e. The first-order chi connectivity index (χ1) is 7.22. The average Bonchev–Trinajstić information content (AvgIpc) is 2.26. The van der Waals surface area contributed by atoms with Gasteiger partial charge in [0.2, 0.25) is 0 Å². The van der Waals surface area contributed by atoms with Crippen molar-refractivity contribution in [1.29, 1.82) is 0 Å². The Morgan fingerprint density at radius 1 is 1.53 bits per heavy atom. The average molecular weight is 212 g/mol. The molecule has 0 aromatic carbocycles. The van der Waals surface area contributed by atoms with Gasteiger partial charge >= 0.3 is 0 Å². The molecule has 0 radical (unpaired) electrons. The van der Waals surface area contributed by atoms with E-state index in [1.165, 1.54) is 12.3 Å². The number of pyridine rings is 1. The van der Waals surface area contributed by atoms with E-state index in [9.17, 15) is 4.39 Å². The number of nitrogens with zero attached hydrogens (tertiary/aromatic N) is 1. The van der Waals surface area contributed by atoms with E-state index in [2.05, 4.69) is 10.3 Å². The van der Waals surface area contributed by atoms with Crippen molar-refractivity contribution in [2.24, 2.45) is 5.92 Å². The first-order valence-electron chi connectivity index (χ1n) is 5.18. The van der Waals surface area contributed by atoms with E-state index < -0.39 is 0 Å². The fourth-order valence-electron chi connectivity index (χ4n) is 1.24. The summed E-state index contributed by atoms with van der Waals surface area (Å²) in [7, 11) is 0. The lowest BCUT2D eigenvalue weighted by atomic mass is 10.1. The lowest BCUT2D eigenvalue weighted by Gasteiger charge is -2.08. The van der Waals surface area contributed by atoms with Crippen molar-refractivity contribution >= 4 is 5.82 Å². The molecule has 0 aliphatic heterocycles. The molecular weight excluding hydrogens is 195 g/mol. The Bertz CT molecular complexity index is 276. The first kappa shape index (κ1) is 11.9. The van der Waals surface area contributed by atoms with Gasteiger partial charge in [0, 0.05) is 13.2 Å². The van der Waals surface area contributed by atoms with Crippen molar-refractivity contribution in [3.8, 4) is 0 Å². The van der Waals surface area contributed by atoms with Crippen LogP contribution in [0, 0.1) is 11.7 Å².